The van der Waals surface area contributed by atoms with Crippen molar-refractivity contribution in [2.75, 3.05) is 7.11 Å². The fraction of sp³-hybridized carbons (Fsp3) is 0.400. The van der Waals surface area contributed by atoms with Gasteiger partial charge in [-0.05, 0) is 0 Å². The number of methoxy groups -OCH3 is 1. The molecule has 0 aliphatic rings. The first-order valence-corrected chi connectivity index (χ1v) is 4.93. The Morgan fingerprint density at radius 1 is 1.40 bits per heavy atom. The fourth-order valence-corrected chi connectivity index (χ4v) is 1.33. The summed E-state index contributed by atoms with van der Waals surface area (Å²) in [7, 11) is 0.913. The van der Waals surface area contributed by atoms with Crippen molar-refractivity contribution in [3.8, 4) is 5.88 Å². The number of esters is 1. The number of alkyl halides is 5. The fourth-order valence-electron chi connectivity index (χ4n) is 1.33. The van der Waals surface area contributed by atoms with Gasteiger partial charge in [0.25, 0.3) is 6.43 Å². The molecule has 0 atom stereocenters. The lowest BCUT2D eigenvalue weighted by Crippen LogP contribution is -2.20. The molecule has 0 amide bonds. The van der Waals surface area contributed by atoms with Crippen molar-refractivity contribution in [3.63, 3.8) is 0 Å². The molecular formula is C10H7F6NO3. The van der Waals surface area contributed by atoms with E-state index >= 15 is 0 Å². The number of carbonyl (C=O) groups is 1. The number of hydrogen-bond acceptors (Lipinski definition) is 4. The largest absolute Gasteiger partial charge is 0.574 e. The summed E-state index contributed by atoms with van der Waals surface area (Å²) >= 11 is 0. The third-order valence-corrected chi connectivity index (χ3v) is 2.12. The molecule has 1 heterocycles. The van der Waals surface area contributed by atoms with Gasteiger partial charge in [-0.15, -0.1) is 13.2 Å². The average molecular weight is 303 g/mol. The van der Waals surface area contributed by atoms with E-state index in [9.17, 15) is 31.1 Å². The predicted molar refractivity (Wildman–Crippen MR) is 51.6 cm³/mol. The van der Waals surface area contributed by atoms with E-state index in [0.717, 1.165) is 7.11 Å². The zero-order valence-corrected chi connectivity index (χ0v) is 9.80. The summed E-state index contributed by atoms with van der Waals surface area (Å²) < 4.78 is 82.6. The Bertz CT molecular complexity index is 503. The minimum Gasteiger partial charge on any atom is -0.469 e. The Morgan fingerprint density at radius 2 is 2.00 bits per heavy atom. The number of pyridine rings is 1. The highest BCUT2D eigenvalue weighted by molar-refractivity contribution is 5.73. The molecule has 1 aromatic heterocycles. The Hall–Kier alpha value is -2.00. The molecule has 0 aliphatic carbocycles. The molecule has 20 heavy (non-hydrogen) atoms. The maximum absolute atomic E-state index is 13.4. The van der Waals surface area contributed by atoms with Gasteiger partial charge in [0.15, 0.2) is 0 Å². The molecule has 1 rings (SSSR count). The van der Waals surface area contributed by atoms with E-state index in [1.807, 2.05) is 0 Å². The van der Waals surface area contributed by atoms with Crippen molar-refractivity contribution in [2.45, 2.75) is 19.2 Å². The molecule has 0 aromatic carbocycles. The van der Waals surface area contributed by atoms with Crippen molar-refractivity contribution in [2.24, 2.45) is 0 Å². The predicted octanol–water partition coefficient (Wildman–Crippen LogP) is 2.77. The van der Waals surface area contributed by atoms with Crippen LogP contribution in [0.5, 0.6) is 5.88 Å². The Labute approximate surface area is 108 Å². The standard InChI is InChI=1S/C10H7F6NO3/c1-19-6(18)2-4-5(11)3-17-9(7(4)8(12)13)20-10(14,15)16/h3,8H,2H2,1H3. The quantitative estimate of drug-likeness (QED) is 0.634. The van der Waals surface area contributed by atoms with Crippen LogP contribution in [0.3, 0.4) is 0 Å². The first-order chi connectivity index (χ1) is 9.15. The number of hydrogen-bond donors (Lipinski definition) is 0. The van der Waals surface area contributed by atoms with E-state index in [4.69, 9.17) is 0 Å². The first kappa shape index (κ1) is 16.1. The van der Waals surface area contributed by atoms with Crippen LogP contribution in [-0.4, -0.2) is 24.4 Å². The maximum Gasteiger partial charge on any atom is 0.574 e. The van der Waals surface area contributed by atoms with Crippen LogP contribution >= 0.6 is 0 Å². The Kier molecular flexibility index (Phi) is 4.79. The van der Waals surface area contributed by atoms with Gasteiger partial charge in [0.1, 0.15) is 5.82 Å². The molecule has 0 bridgehead atoms. The molecule has 0 radical (unpaired) electrons. The number of carbonyl (C=O) groups excluding carboxylic acids is 1. The monoisotopic (exact) mass is 303 g/mol. The lowest BCUT2D eigenvalue weighted by molar-refractivity contribution is -0.276. The van der Waals surface area contributed by atoms with Gasteiger partial charge in [-0.3, -0.25) is 4.79 Å². The smallest absolute Gasteiger partial charge is 0.469 e. The summed E-state index contributed by atoms with van der Waals surface area (Å²) in [6, 6.07) is 0. The zero-order valence-electron chi connectivity index (χ0n) is 9.80. The number of ether oxygens (including phenoxy) is 2. The minimum atomic E-state index is -5.28. The number of halogens is 6. The first-order valence-electron chi connectivity index (χ1n) is 4.93. The van der Waals surface area contributed by atoms with Gasteiger partial charge in [0.2, 0.25) is 5.88 Å². The lowest BCUT2D eigenvalue weighted by atomic mass is 10.1. The van der Waals surface area contributed by atoms with Crippen molar-refractivity contribution in [1.82, 2.24) is 4.98 Å². The third-order valence-electron chi connectivity index (χ3n) is 2.12. The van der Waals surface area contributed by atoms with Crippen LogP contribution in [0.15, 0.2) is 6.20 Å². The molecule has 10 heteroatoms. The maximum atomic E-state index is 13.4. The highest BCUT2D eigenvalue weighted by Crippen LogP contribution is 2.35. The van der Waals surface area contributed by atoms with E-state index in [0.29, 0.717) is 0 Å². The second-order valence-corrected chi connectivity index (χ2v) is 3.40. The number of rotatable bonds is 4. The number of nitrogens with zero attached hydrogens (tertiary/aromatic N) is 1. The molecule has 4 nitrogen and oxygen atoms in total. The van der Waals surface area contributed by atoms with Crippen molar-refractivity contribution in [3.05, 3.63) is 23.1 Å². The van der Waals surface area contributed by atoms with Gasteiger partial charge in [-0.1, -0.05) is 0 Å². The second kappa shape index (κ2) is 5.97. The van der Waals surface area contributed by atoms with Crippen LogP contribution in [0.25, 0.3) is 0 Å². The van der Waals surface area contributed by atoms with E-state index in [-0.39, 0.29) is 6.20 Å². The Balaban J connectivity index is 3.33. The van der Waals surface area contributed by atoms with Crippen LogP contribution < -0.4 is 4.74 Å². The molecule has 0 aliphatic heterocycles. The van der Waals surface area contributed by atoms with Crippen LogP contribution in [0.2, 0.25) is 0 Å². The highest BCUT2D eigenvalue weighted by Gasteiger charge is 2.36. The molecule has 0 N–H and O–H groups in total. The Morgan fingerprint density at radius 3 is 2.45 bits per heavy atom. The highest BCUT2D eigenvalue weighted by atomic mass is 19.4. The van der Waals surface area contributed by atoms with E-state index in [1.165, 1.54) is 0 Å². The summed E-state index contributed by atoms with van der Waals surface area (Å²) in [6.45, 7) is 0. The summed E-state index contributed by atoms with van der Waals surface area (Å²) in [6.07, 6.45) is -9.52. The second-order valence-electron chi connectivity index (χ2n) is 3.40. The van der Waals surface area contributed by atoms with Crippen molar-refractivity contribution >= 4 is 5.97 Å². The van der Waals surface area contributed by atoms with Gasteiger partial charge in [-0.2, -0.15) is 0 Å². The van der Waals surface area contributed by atoms with Crippen molar-refractivity contribution in [1.29, 1.82) is 0 Å². The molecule has 112 valence electrons. The average Bonchev–Trinajstić information content (AvgIpc) is 2.30. The van der Waals surface area contributed by atoms with E-state index < -0.39 is 48.0 Å². The van der Waals surface area contributed by atoms with Gasteiger partial charge >= 0.3 is 12.3 Å². The zero-order chi connectivity index (χ0) is 15.5. The topological polar surface area (TPSA) is 48.4 Å². The molecule has 0 fully saturated rings. The van der Waals surface area contributed by atoms with Gasteiger partial charge in [0.05, 0.1) is 25.3 Å². The molecule has 0 saturated carbocycles. The summed E-state index contributed by atoms with van der Waals surface area (Å²) in [5.41, 5.74) is -2.39. The van der Waals surface area contributed by atoms with Crippen LogP contribution in [-0.2, 0) is 16.0 Å². The third kappa shape index (κ3) is 4.00. The van der Waals surface area contributed by atoms with E-state index in [2.05, 4.69) is 14.5 Å². The van der Waals surface area contributed by atoms with Gasteiger partial charge in [-0.25, -0.2) is 18.2 Å². The van der Waals surface area contributed by atoms with Gasteiger partial charge < -0.3 is 9.47 Å². The molecule has 0 saturated heterocycles. The minimum absolute atomic E-state index is 0.255. The summed E-state index contributed by atoms with van der Waals surface area (Å²) in [5, 5.41) is 0. The molecule has 0 unspecified atom stereocenters. The van der Waals surface area contributed by atoms with Crippen LogP contribution in [0.4, 0.5) is 26.3 Å². The van der Waals surface area contributed by atoms with Crippen molar-refractivity contribution < 1.29 is 40.6 Å². The lowest BCUT2D eigenvalue weighted by Gasteiger charge is -2.15. The summed E-state index contributed by atoms with van der Waals surface area (Å²) in [4.78, 5) is 13.8. The summed E-state index contributed by atoms with van der Waals surface area (Å²) in [5.74, 6) is -3.97. The molecule has 0 spiro atoms. The molecular weight excluding hydrogens is 296 g/mol. The van der Waals surface area contributed by atoms with Crippen LogP contribution in [0, 0.1) is 5.82 Å². The normalized spacial score (nSPS) is 11.6. The number of aromatic nitrogens is 1. The van der Waals surface area contributed by atoms with E-state index in [1.54, 1.807) is 0 Å². The van der Waals surface area contributed by atoms with Gasteiger partial charge in [0, 0.05) is 5.56 Å². The molecule has 1 aromatic rings. The SMILES string of the molecule is COC(=O)Cc1c(F)cnc(OC(F)(F)F)c1C(F)F. The van der Waals surface area contributed by atoms with Crippen LogP contribution in [0.1, 0.15) is 17.6 Å².